The molecule has 3 atom stereocenters. The summed E-state index contributed by atoms with van der Waals surface area (Å²) < 4.78 is 5.92. The molecule has 1 aliphatic rings. The summed E-state index contributed by atoms with van der Waals surface area (Å²) >= 11 is -2.22. The van der Waals surface area contributed by atoms with Gasteiger partial charge in [0.15, 0.2) is 0 Å². The van der Waals surface area contributed by atoms with E-state index in [1.807, 2.05) is 0 Å². The molecule has 1 aromatic carbocycles. The molecule has 2 heteroatoms. The molecule has 0 N–H and O–H groups in total. The summed E-state index contributed by atoms with van der Waals surface area (Å²) in [6, 6.07) is 11.3. The van der Waals surface area contributed by atoms with Gasteiger partial charge in [-0.15, -0.1) is 0 Å². The molecule has 0 saturated heterocycles. The zero-order valence-electron chi connectivity index (χ0n) is 20.2. The van der Waals surface area contributed by atoms with Crippen molar-refractivity contribution in [3.05, 3.63) is 35.9 Å². The Balaban J connectivity index is 2.33. The van der Waals surface area contributed by atoms with Gasteiger partial charge in [0.1, 0.15) is 0 Å². The number of hydrogen-bond acceptors (Lipinski definition) is 0. The quantitative estimate of drug-likeness (QED) is 0.192. The van der Waals surface area contributed by atoms with Gasteiger partial charge in [0.05, 0.1) is 0 Å². The Morgan fingerprint density at radius 3 is 1.79 bits per heavy atom. The van der Waals surface area contributed by atoms with Crippen LogP contribution in [0.15, 0.2) is 30.3 Å². The third-order valence-corrected chi connectivity index (χ3v) is 25.6. The van der Waals surface area contributed by atoms with Gasteiger partial charge in [-0.1, -0.05) is 0 Å². The molecule has 162 valence electrons. The average Bonchev–Trinajstić information content (AvgIpc) is 3.39. The predicted octanol–water partition coefficient (Wildman–Crippen LogP) is 8.58. The van der Waals surface area contributed by atoms with Gasteiger partial charge in [-0.25, -0.2) is 0 Å². The molecule has 1 aliphatic carbocycles. The van der Waals surface area contributed by atoms with Crippen LogP contribution < -0.4 is 0 Å². The molecular weight excluding hydrogens is 471 g/mol. The van der Waals surface area contributed by atoms with Gasteiger partial charge in [-0.3, -0.25) is 0 Å². The normalized spacial score (nSPS) is 21.5. The second-order valence-electron chi connectivity index (χ2n) is 10.6. The molecule has 0 aromatic heterocycles. The summed E-state index contributed by atoms with van der Waals surface area (Å²) in [6.07, 6.45) is 9.83. The Kier molecular flexibility index (Phi) is 10.4. The maximum absolute atomic E-state index is 3.92. The van der Waals surface area contributed by atoms with E-state index in [0.29, 0.717) is 0 Å². The van der Waals surface area contributed by atoms with E-state index in [9.17, 15) is 0 Å². The molecule has 0 amide bonds. The Labute approximate surface area is 187 Å². The number of hydrogen-bond donors (Lipinski definition) is 0. The van der Waals surface area contributed by atoms with Crippen molar-refractivity contribution in [1.29, 1.82) is 0 Å². The van der Waals surface area contributed by atoms with Crippen LogP contribution in [-0.2, 0) is 6.42 Å². The van der Waals surface area contributed by atoms with Crippen LogP contribution in [0, 0.1) is 23.3 Å². The summed E-state index contributed by atoms with van der Waals surface area (Å²) in [6.45, 7) is 14.4. The van der Waals surface area contributed by atoms with Gasteiger partial charge in [-0.05, 0) is 0 Å². The Morgan fingerprint density at radius 1 is 0.828 bits per heavy atom. The molecule has 0 aliphatic heterocycles. The number of benzene rings is 1. The molecule has 2 rings (SSSR count). The van der Waals surface area contributed by atoms with E-state index >= 15 is 0 Å². The third kappa shape index (κ3) is 7.77. The standard InChI is InChI=1S/C15H19Si.3C4H9.Sn/c1-16(2,3)10-9-14-12-15(14)11-13-7-5-4-6-8-13;3*1-3-4-2;/h4-8,12,14-15H,11H2,1-3H3;3*1,3-4H2,2H3;/t14-,15-;;;;/m1..../s1. The maximum atomic E-state index is 3.92. The summed E-state index contributed by atoms with van der Waals surface area (Å²) in [5.74, 6) is 5.50. The fourth-order valence-corrected chi connectivity index (χ4v) is 26.3. The van der Waals surface area contributed by atoms with E-state index < -0.39 is 26.5 Å². The third-order valence-electron chi connectivity index (χ3n) is 6.89. The van der Waals surface area contributed by atoms with Crippen LogP contribution in [0.3, 0.4) is 0 Å². The first-order valence-electron chi connectivity index (χ1n) is 12.4. The van der Waals surface area contributed by atoms with Gasteiger partial charge >= 0.3 is 188 Å². The van der Waals surface area contributed by atoms with Crippen LogP contribution in [0.5, 0.6) is 0 Å². The van der Waals surface area contributed by atoms with Crippen molar-refractivity contribution in [2.75, 3.05) is 0 Å². The van der Waals surface area contributed by atoms with Gasteiger partial charge in [-0.2, -0.15) is 0 Å². The molecule has 1 saturated carbocycles. The van der Waals surface area contributed by atoms with Gasteiger partial charge in [0, 0.05) is 0 Å². The van der Waals surface area contributed by atoms with E-state index in [0.717, 1.165) is 15.8 Å². The van der Waals surface area contributed by atoms with Crippen LogP contribution in [-0.4, -0.2) is 26.5 Å². The van der Waals surface area contributed by atoms with E-state index in [4.69, 9.17) is 0 Å². The topological polar surface area (TPSA) is 0 Å². The molecule has 0 spiro atoms. The Bertz CT molecular complexity index is 627. The Morgan fingerprint density at radius 2 is 1.34 bits per heavy atom. The van der Waals surface area contributed by atoms with E-state index in [-0.39, 0.29) is 0 Å². The molecule has 1 fully saturated rings. The van der Waals surface area contributed by atoms with Crippen molar-refractivity contribution in [1.82, 2.24) is 0 Å². The molecule has 0 radical (unpaired) electrons. The van der Waals surface area contributed by atoms with E-state index in [2.05, 4.69) is 82.2 Å². The van der Waals surface area contributed by atoms with E-state index in [1.165, 1.54) is 44.9 Å². The van der Waals surface area contributed by atoms with Crippen LogP contribution in [0.25, 0.3) is 0 Å². The number of unbranched alkanes of at least 4 members (excludes halogenated alkanes) is 3. The van der Waals surface area contributed by atoms with Crippen LogP contribution in [0.1, 0.15) is 64.9 Å². The summed E-state index contributed by atoms with van der Waals surface area (Å²) in [7, 11) is -1.30. The second kappa shape index (κ2) is 12.0. The zero-order chi connectivity index (χ0) is 21.3. The predicted molar refractivity (Wildman–Crippen MR) is 137 cm³/mol. The van der Waals surface area contributed by atoms with Crippen molar-refractivity contribution >= 4 is 26.5 Å². The SMILES string of the molecule is CCC[CH2][Sn]([CH2]CCC)([CH2]CCC)[C@H]1[C@@H](C#C[Si](C)(C)C)[C@@H]1Cc1ccccc1. The molecule has 29 heavy (non-hydrogen) atoms. The molecule has 0 unspecified atom stereocenters. The number of rotatable bonds is 12. The molecule has 1 aromatic rings. The van der Waals surface area contributed by atoms with Crippen LogP contribution in [0.4, 0.5) is 0 Å². The van der Waals surface area contributed by atoms with Crippen molar-refractivity contribution in [2.24, 2.45) is 11.8 Å². The monoisotopic (exact) mass is 518 g/mol. The molecule has 0 bridgehead atoms. The second-order valence-corrected chi connectivity index (χ2v) is 29.3. The fourth-order valence-electron chi connectivity index (χ4n) is 5.31. The minimum atomic E-state index is -2.22. The fraction of sp³-hybridized carbons (Fsp3) is 0.704. The van der Waals surface area contributed by atoms with Crippen molar-refractivity contribution in [2.45, 2.75) is 103 Å². The summed E-state index contributed by atoms with van der Waals surface area (Å²) in [4.78, 5) is 0. The Hall–Kier alpha value is -0.204. The first-order chi connectivity index (χ1) is 13.9. The van der Waals surface area contributed by atoms with Crippen LogP contribution in [0.2, 0.25) is 36.9 Å². The average molecular weight is 517 g/mol. The van der Waals surface area contributed by atoms with Crippen LogP contribution >= 0.6 is 0 Å². The minimum absolute atomic E-state index is 0.725. The zero-order valence-corrected chi connectivity index (χ0v) is 24.0. The summed E-state index contributed by atoms with van der Waals surface area (Å²) in [5.41, 5.74) is 5.34. The molecular formula is C27H46SiSn. The first kappa shape index (κ1) is 25.1. The van der Waals surface area contributed by atoms with Gasteiger partial charge in [0.2, 0.25) is 0 Å². The van der Waals surface area contributed by atoms with Crippen molar-refractivity contribution in [3.8, 4) is 11.5 Å². The van der Waals surface area contributed by atoms with Gasteiger partial charge in [0.25, 0.3) is 0 Å². The summed E-state index contributed by atoms with van der Waals surface area (Å²) in [5, 5.41) is 0. The van der Waals surface area contributed by atoms with E-state index in [1.54, 1.807) is 18.9 Å². The molecule has 0 nitrogen and oxygen atoms in total. The molecule has 0 heterocycles. The van der Waals surface area contributed by atoms with Crippen molar-refractivity contribution in [3.63, 3.8) is 0 Å². The van der Waals surface area contributed by atoms with Crippen molar-refractivity contribution < 1.29 is 0 Å². The van der Waals surface area contributed by atoms with Gasteiger partial charge < -0.3 is 0 Å². The first-order valence-corrected chi connectivity index (χ1v) is 23.6.